The Hall–Kier alpha value is -2.07. The first kappa shape index (κ1) is 15.3. The van der Waals surface area contributed by atoms with Crippen molar-refractivity contribution in [3.8, 4) is 11.5 Å². The summed E-state index contributed by atoms with van der Waals surface area (Å²) >= 11 is 0. The predicted molar refractivity (Wildman–Crippen MR) is 83.9 cm³/mol. The molecule has 0 aliphatic carbocycles. The minimum Gasteiger partial charge on any atom is -0.493 e. The minimum absolute atomic E-state index is 0.762. The highest BCUT2D eigenvalue weighted by molar-refractivity contribution is 5.42. The quantitative estimate of drug-likeness (QED) is 0.795. The smallest absolute Gasteiger partial charge is 0.160 e. The molecule has 2 rings (SSSR count). The number of methoxy groups -OCH3 is 2. The van der Waals surface area contributed by atoms with Gasteiger partial charge in [0.25, 0.3) is 0 Å². The first-order chi connectivity index (χ1) is 10.2. The molecule has 4 heteroatoms. The molecule has 0 atom stereocenters. The van der Waals surface area contributed by atoms with Gasteiger partial charge in [0.1, 0.15) is 0 Å². The Labute approximate surface area is 126 Å². The van der Waals surface area contributed by atoms with Crippen LogP contribution in [0, 0.1) is 6.92 Å². The molecule has 0 unspecified atom stereocenters. The van der Waals surface area contributed by atoms with Crippen molar-refractivity contribution in [1.82, 2.24) is 10.3 Å². The van der Waals surface area contributed by atoms with E-state index < -0.39 is 0 Å². The lowest BCUT2D eigenvalue weighted by atomic mass is 10.1. The fourth-order valence-corrected chi connectivity index (χ4v) is 2.18. The van der Waals surface area contributed by atoms with E-state index in [1.807, 2.05) is 24.4 Å². The van der Waals surface area contributed by atoms with Crippen molar-refractivity contribution >= 4 is 0 Å². The summed E-state index contributed by atoms with van der Waals surface area (Å²) in [7, 11) is 3.30. The molecule has 2 aromatic rings. The molecule has 0 aliphatic rings. The van der Waals surface area contributed by atoms with Crippen molar-refractivity contribution in [2.24, 2.45) is 0 Å². The van der Waals surface area contributed by atoms with Crippen molar-refractivity contribution in [2.75, 3.05) is 20.8 Å². The zero-order chi connectivity index (χ0) is 15.1. The van der Waals surface area contributed by atoms with Crippen LogP contribution in [0.3, 0.4) is 0 Å². The van der Waals surface area contributed by atoms with E-state index in [0.29, 0.717) is 0 Å². The number of pyridine rings is 1. The van der Waals surface area contributed by atoms with Crippen molar-refractivity contribution < 1.29 is 9.47 Å². The second kappa shape index (κ2) is 7.64. The molecule has 0 fully saturated rings. The monoisotopic (exact) mass is 286 g/mol. The molecule has 0 bridgehead atoms. The maximum absolute atomic E-state index is 5.31. The van der Waals surface area contributed by atoms with Gasteiger partial charge in [0.15, 0.2) is 11.5 Å². The van der Waals surface area contributed by atoms with Crippen LogP contribution in [0.15, 0.2) is 36.5 Å². The highest BCUT2D eigenvalue weighted by atomic mass is 16.5. The van der Waals surface area contributed by atoms with Gasteiger partial charge in [-0.1, -0.05) is 12.1 Å². The third-order valence-corrected chi connectivity index (χ3v) is 3.45. The molecule has 0 saturated heterocycles. The molecular formula is C17H22N2O2. The van der Waals surface area contributed by atoms with Crippen molar-refractivity contribution in [2.45, 2.75) is 19.9 Å². The summed E-state index contributed by atoms with van der Waals surface area (Å²) in [5, 5.41) is 3.42. The fourth-order valence-electron chi connectivity index (χ4n) is 2.18. The van der Waals surface area contributed by atoms with Gasteiger partial charge in [0.05, 0.1) is 19.9 Å². The van der Waals surface area contributed by atoms with Gasteiger partial charge in [-0.3, -0.25) is 4.98 Å². The van der Waals surface area contributed by atoms with E-state index in [1.165, 1.54) is 11.1 Å². The number of nitrogens with one attached hydrogen (secondary N) is 1. The average Bonchev–Trinajstić information content (AvgIpc) is 2.52. The Morgan fingerprint density at radius 3 is 2.62 bits per heavy atom. The van der Waals surface area contributed by atoms with Crippen LogP contribution in [0.2, 0.25) is 0 Å². The van der Waals surface area contributed by atoms with E-state index >= 15 is 0 Å². The van der Waals surface area contributed by atoms with E-state index in [9.17, 15) is 0 Å². The van der Waals surface area contributed by atoms with Gasteiger partial charge < -0.3 is 14.8 Å². The zero-order valence-electron chi connectivity index (χ0n) is 12.8. The minimum atomic E-state index is 0.762. The second-order valence-electron chi connectivity index (χ2n) is 4.88. The Morgan fingerprint density at radius 2 is 1.90 bits per heavy atom. The zero-order valence-corrected chi connectivity index (χ0v) is 12.8. The number of aromatic nitrogens is 1. The molecule has 1 aromatic heterocycles. The van der Waals surface area contributed by atoms with Gasteiger partial charge in [-0.2, -0.15) is 0 Å². The number of nitrogens with zero attached hydrogens (tertiary/aromatic N) is 1. The number of benzene rings is 1. The lowest BCUT2D eigenvalue weighted by molar-refractivity contribution is 0.354. The van der Waals surface area contributed by atoms with Gasteiger partial charge in [-0.25, -0.2) is 0 Å². The largest absolute Gasteiger partial charge is 0.493 e. The number of ether oxygens (including phenoxy) is 2. The van der Waals surface area contributed by atoms with Gasteiger partial charge in [0, 0.05) is 12.7 Å². The van der Waals surface area contributed by atoms with E-state index in [-0.39, 0.29) is 0 Å². The molecule has 1 aromatic carbocycles. The number of aryl methyl sites for hydroxylation is 1. The van der Waals surface area contributed by atoms with E-state index in [2.05, 4.69) is 29.4 Å². The van der Waals surface area contributed by atoms with Crippen LogP contribution in [-0.2, 0) is 13.0 Å². The number of rotatable bonds is 7. The van der Waals surface area contributed by atoms with Crippen molar-refractivity contribution in [1.29, 1.82) is 0 Å². The average molecular weight is 286 g/mol. The van der Waals surface area contributed by atoms with Crippen LogP contribution in [0.1, 0.15) is 16.8 Å². The molecule has 0 radical (unpaired) electrons. The Bertz CT molecular complexity index is 585. The van der Waals surface area contributed by atoms with Crippen molar-refractivity contribution in [3.63, 3.8) is 0 Å². The Kier molecular flexibility index (Phi) is 5.58. The molecule has 1 heterocycles. The fraction of sp³-hybridized carbons (Fsp3) is 0.353. The standard InChI is InChI=1S/C17H22N2O2/c1-13-5-4-9-19-15(13)12-18-10-8-14-6-7-16(20-2)17(11-14)21-3/h4-7,9,11,18H,8,10,12H2,1-3H3. The number of hydrogen-bond donors (Lipinski definition) is 1. The van der Waals surface area contributed by atoms with Gasteiger partial charge in [0.2, 0.25) is 0 Å². The number of hydrogen-bond acceptors (Lipinski definition) is 4. The first-order valence-electron chi connectivity index (χ1n) is 7.06. The van der Waals surface area contributed by atoms with Crippen LogP contribution in [0.4, 0.5) is 0 Å². The predicted octanol–water partition coefficient (Wildman–Crippen LogP) is 2.74. The van der Waals surface area contributed by atoms with E-state index in [1.54, 1.807) is 14.2 Å². The van der Waals surface area contributed by atoms with Gasteiger partial charge >= 0.3 is 0 Å². The maximum atomic E-state index is 5.31. The SMILES string of the molecule is COc1ccc(CCNCc2ncccc2C)cc1OC. The lowest BCUT2D eigenvalue weighted by Crippen LogP contribution is -2.18. The molecule has 4 nitrogen and oxygen atoms in total. The second-order valence-corrected chi connectivity index (χ2v) is 4.88. The Morgan fingerprint density at radius 1 is 1.10 bits per heavy atom. The molecule has 112 valence electrons. The van der Waals surface area contributed by atoms with E-state index in [4.69, 9.17) is 9.47 Å². The molecule has 1 N–H and O–H groups in total. The third kappa shape index (κ3) is 4.20. The maximum Gasteiger partial charge on any atom is 0.160 e. The van der Waals surface area contributed by atoms with Crippen LogP contribution < -0.4 is 14.8 Å². The third-order valence-electron chi connectivity index (χ3n) is 3.45. The van der Waals surface area contributed by atoms with E-state index in [0.717, 1.165) is 36.7 Å². The summed E-state index contributed by atoms with van der Waals surface area (Å²) in [5.74, 6) is 1.54. The summed E-state index contributed by atoms with van der Waals surface area (Å²) in [6, 6.07) is 10.1. The molecule has 0 amide bonds. The molecule has 0 spiro atoms. The Balaban J connectivity index is 1.85. The normalized spacial score (nSPS) is 10.4. The first-order valence-corrected chi connectivity index (χ1v) is 7.06. The lowest BCUT2D eigenvalue weighted by Gasteiger charge is -2.10. The van der Waals surface area contributed by atoms with Gasteiger partial charge in [-0.05, 0) is 49.2 Å². The van der Waals surface area contributed by atoms with Crippen LogP contribution in [-0.4, -0.2) is 25.7 Å². The molecule has 21 heavy (non-hydrogen) atoms. The molecular weight excluding hydrogens is 264 g/mol. The summed E-state index contributed by atoms with van der Waals surface area (Å²) in [6.07, 6.45) is 2.77. The van der Waals surface area contributed by atoms with Crippen LogP contribution in [0.5, 0.6) is 11.5 Å². The molecule has 0 saturated carbocycles. The van der Waals surface area contributed by atoms with Crippen LogP contribution in [0.25, 0.3) is 0 Å². The summed E-state index contributed by atoms with van der Waals surface area (Å²) < 4.78 is 10.6. The van der Waals surface area contributed by atoms with Crippen molar-refractivity contribution in [3.05, 3.63) is 53.3 Å². The van der Waals surface area contributed by atoms with Gasteiger partial charge in [-0.15, -0.1) is 0 Å². The summed E-state index contributed by atoms with van der Waals surface area (Å²) in [5.41, 5.74) is 3.54. The summed E-state index contributed by atoms with van der Waals surface area (Å²) in [4.78, 5) is 4.37. The highest BCUT2D eigenvalue weighted by Gasteiger charge is 2.04. The highest BCUT2D eigenvalue weighted by Crippen LogP contribution is 2.27. The molecule has 0 aliphatic heterocycles. The topological polar surface area (TPSA) is 43.4 Å². The van der Waals surface area contributed by atoms with Crippen LogP contribution >= 0.6 is 0 Å². The summed E-state index contributed by atoms with van der Waals surface area (Å²) in [6.45, 7) is 3.77.